The van der Waals surface area contributed by atoms with E-state index in [0.717, 1.165) is 23.7 Å². The first-order chi connectivity index (χ1) is 4.38. The first-order valence-electron chi connectivity index (χ1n) is 4.13. The van der Waals surface area contributed by atoms with Crippen LogP contribution in [0.1, 0.15) is 19.3 Å². The molecule has 2 N–H and O–H groups in total. The van der Waals surface area contributed by atoms with Gasteiger partial charge in [0, 0.05) is 6.04 Å². The molecular formula is C8H13N. The van der Waals surface area contributed by atoms with Gasteiger partial charge in [0.05, 0.1) is 0 Å². The minimum absolute atomic E-state index is 0.619. The van der Waals surface area contributed by atoms with Crippen LogP contribution in [0.2, 0.25) is 0 Å². The SMILES string of the molecule is NC1C2CCC1C1CC21. The van der Waals surface area contributed by atoms with Gasteiger partial charge in [0.15, 0.2) is 0 Å². The van der Waals surface area contributed by atoms with Crippen LogP contribution in [0, 0.1) is 23.7 Å². The average Bonchev–Trinajstić information content (AvgIpc) is 2.53. The van der Waals surface area contributed by atoms with E-state index in [1.165, 1.54) is 19.3 Å². The highest BCUT2D eigenvalue weighted by molar-refractivity contribution is 5.12. The predicted molar refractivity (Wildman–Crippen MR) is 35.8 cm³/mol. The maximum Gasteiger partial charge on any atom is 0.0101 e. The van der Waals surface area contributed by atoms with E-state index in [4.69, 9.17) is 5.73 Å². The molecule has 0 heterocycles. The standard InChI is InChI=1S/C8H13N/c9-8-4-1-2-5(8)7-3-6(4)7/h4-8H,1-3,9H2. The van der Waals surface area contributed by atoms with Crippen LogP contribution < -0.4 is 5.73 Å². The van der Waals surface area contributed by atoms with Crippen molar-refractivity contribution < 1.29 is 0 Å². The minimum atomic E-state index is 0.619. The van der Waals surface area contributed by atoms with E-state index >= 15 is 0 Å². The number of hydrogen-bond acceptors (Lipinski definition) is 1. The van der Waals surface area contributed by atoms with Gasteiger partial charge in [0.25, 0.3) is 0 Å². The molecular weight excluding hydrogens is 110 g/mol. The highest BCUT2D eigenvalue weighted by Crippen LogP contribution is 2.64. The molecule has 50 valence electrons. The third-order valence-electron chi connectivity index (χ3n) is 3.81. The van der Waals surface area contributed by atoms with Crippen molar-refractivity contribution in [2.24, 2.45) is 29.4 Å². The van der Waals surface area contributed by atoms with E-state index in [2.05, 4.69) is 0 Å². The van der Waals surface area contributed by atoms with Crippen LogP contribution in [0.15, 0.2) is 0 Å². The van der Waals surface area contributed by atoms with Gasteiger partial charge < -0.3 is 5.73 Å². The Bertz CT molecular complexity index is 139. The molecule has 3 rings (SSSR count). The first kappa shape index (κ1) is 4.73. The Balaban J connectivity index is 2.00. The molecule has 1 heteroatoms. The maximum atomic E-state index is 6.01. The van der Waals surface area contributed by atoms with Crippen molar-refractivity contribution in [2.45, 2.75) is 25.3 Å². The second-order valence-electron chi connectivity index (χ2n) is 4.05. The van der Waals surface area contributed by atoms with Crippen LogP contribution >= 0.6 is 0 Å². The zero-order chi connectivity index (χ0) is 6.01. The molecule has 0 aromatic rings. The van der Waals surface area contributed by atoms with E-state index in [1.807, 2.05) is 0 Å². The Labute approximate surface area is 55.6 Å². The van der Waals surface area contributed by atoms with Gasteiger partial charge in [-0.2, -0.15) is 0 Å². The summed E-state index contributed by atoms with van der Waals surface area (Å²) >= 11 is 0. The van der Waals surface area contributed by atoms with Crippen molar-refractivity contribution >= 4 is 0 Å². The van der Waals surface area contributed by atoms with Crippen molar-refractivity contribution in [3.8, 4) is 0 Å². The van der Waals surface area contributed by atoms with Crippen molar-refractivity contribution in [3.05, 3.63) is 0 Å². The molecule has 3 aliphatic rings. The molecule has 3 aliphatic carbocycles. The fraction of sp³-hybridized carbons (Fsp3) is 1.00. The number of rotatable bonds is 0. The van der Waals surface area contributed by atoms with Crippen LogP contribution in [-0.2, 0) is 0 Å². The van der Waals surface area contributed by atoms with E-state index in [9.17, 15) is 0 Å². The molecule has 2 bridgehead atoms. The lowest BCUT2D eigenvalue weighted by Gasteiger charge is -2.11. The van der Waals surface area contributed by atoms with Crippen molar-refractivity contribution in [1.29, 1.82) is 0 Å². The zero-order valence-corrected chi connectivity index (χ0v) is 5.59. The topological polar surface area (TPSA) is 26.0 Å². The number of nitrogens with two attached hydrogens (primary N) is 1. The van der Waals surface area contributed by atoms with E-state index in [-0.39, 0.29) is 0 Å². The zero-order valence-electron chi connectivity index (χ0n) is 5.59. The van der Waals surface area contributed by atoms with Gasteiger partial charge in [0.2, 0.25) is 0 Å². The summed E-state index contributed by atoms with van der Waals surface area (Å²) in [4.78, 5) is 0. The van der Waals surface area contributed by atoms with Gasteiger partial charge in [0.1, 0.15) is 0 Å². The minimum Gasteiger partial charge on any atom is -0.327 e. The van der Waals surface area contributed by atoms with Gasteiger partial charge in [-0.05, 0) is 42.9 Å². The second kappa shape index (κ2) is 1.20. The Morgan fingerprint density at radius 3 is 1.78 bits per heavy atom. The fourth-order valence-corrected chi connectivity index (χ4v) is 3.31. The molecule has 1 nitrogen and oxygen atoms in total. The Kier molecular flexibility index (Phi) is 0.628. The summed E-state index contributed by atoms with van der Waals surface area (Å²) in [7, 11) is 0. The van der Waals surface area contributed by atoms with Crippen molar-refractivity contribution in [3.63, 3.8) is 0 Å². The van der Waals surface area contributed by atoms with Crippen LogP contribution in [-0.4, -0.2) is 6.04 Å². The molecule has 4 atom stereocenters. The highest BCUT2D eigenvalue weighted by atomic mass is 14.8. The van der Waals surface area contributed by atoms with Crippen LogP contribution in [0.4, 0.5) is 0 Å². The molecule has 0 aromatic carbocycles. The molecule has 4 unspecified atom stereocenters. The van der Waals surface area contributed by atoms with Gasteiger partial charge >= 0.3 is 0 Å². The van der Waals surface area contributed by atoms with Crippen molar-refractivity contribution in [2.75, 3.05) is 0 Å². The van der Waals surface area contributed by atoms with Gasteiger partial charge in [-0.1, -0.05) is 0 Å². The van der Waals surface area contributed by atoms with Gasteiger partial charge in [-0.25, -0.2) is 0 Å². The molecule has 0 amide bonds. The molecule has 9 heavy (non-hydrogen) atoms. The highest BCUT2D eigenvalue weighted by Gasteiger charge is 2.61. The maximum absolute atomic E-state index is 6.01. The quantitative estimate of drug-likeness (QED) is 0.510. The normalized spacial score (nSPS) is 68.3. The summed E-state index contributed by atoms with van der Waals surface area (Å²) in [6.07, 6.45) is 4.43. The Hall–Kier alpha value is -0.0400. The summed E-state index contributed by atoms with van der Waals surface area (Å²) in [5, 5.41) is 0. The number of fused-ring (bicyclic) bond motifs is 5. The molecule has 3 fully saturated rings. The monoisotopic (exact) mass is 123 g/mol. The average molecular weight is 123 g/mol. The Morgan fingerprint density at radius 1 is 0.889 bits per heavy atom. The van der Waals surface area contributed by atoms with Gasteiger partial charge in [-0.3, -0.25) is 0 Å². The second-order valence-corrected chi connectivity index (χ2v) is 4.05. The third-order valence-corrected chi connectivity index (χ3v) is 3.81. The number of hydrogen-bond donors (Lipinski definition) is 1. The Morgan fingerprint density at radius 2 is 1.44 bits per heavy atom. The molecule has 0 aromatic heterocycles. The van der Waals surface area contributed by atoms with Gasteiger partial charge in [-0.15, -0.1) is 0 Å². The molecule has 0 spiro atoms. The summed E-state index contributed by atoms with van der Waals surface area (Å²) in [5.41, 5.74) is 6.01. The molecule has 3 saturated carbocycles. The summed E-state index contributed by atoms with van der Waals surface area (Å²) < 4.78 is 0. The van der Waals surface area contributed by atoms with E-state index in [1.54, 1.807) is 0 Å². The van der Waals surface area contributed by atoms with Crippen LogP contribution in [0.25, 0.3) is 0 Å². The molecule has 0 radical (unpaired) electrons. The van der Waals surface area contributed by atoms with E-state index < -0.39 is 0 Å². The molecule has 0 saturated heterocycles. The van der Waals surface area contributed by atoms with E-state index in [0.29, 0.717) is 6.04 Å². The predicted octanol–water partition coefficient (Wildman–Crippen LogP) is 0.990. The lowest BCUT2D eigenvalue weighted by atomic mass is 10.0. The molecule has 0 aliphatic heterocycles. The summed E-state index contributed by atoms with van der Waals surface area (Å²) in [5.74, 6) is 4.11. The van der Waals surface area contributed by atoms with Crippen LogP contribution in [0.3, 0.4) is 0 Å². The fourth-order valence-electron chi connectivity index (χ4n) is 3.31. The smallest absolute Gasteiger partial charge is 0.0101 e. The lowest BCUT2D eigenvalue weighted by Crippen LogP contribution is -2.27. The summed E-state index contributed by atoms with van der Waals surface area (Å²) in [6.45, 7) is 0. The third kappa shape index (κ3) is 0.389. The van der Waals surface area contributed by atoms with Crippen molar-refractivity contribution in [1.82, 2.24) is 0 Å². The first-order valence-corrected chi connectivity index (χ1v) is 4.13. The largest absolute Gasteiger partial charge is 0.327 e. The summed E-state index contributed by atoms with van der Waals surface area (Å²) in [6, 6.07) is 0.619. The lowest BCUT2D eigenvalue weighted by molar-refractivity contribution is 0.452. The van der Waals surface area contributed by atoms with Crippen LogP contribution in [0.5, 0.6) is 0 Å².